The first-order valence-corrected chi connectivity index (χ1v) is 7.85. The summed E-state index contributed by atoms with van der Waals surface area (Å²) < 4.78 is 21.4. The first-order chi connectivity index (χ1) is 11.6. The Balaban J connectivity index is 2.01. The van der Waals surface area contributed by atoms with E-state index in [0.717, 1.165) is 22.4 Å². The summed E-state index contributed by atoms with van der Waals surface area (Å²) in [7, 11) is 4.20. The van der Waals surface area contributed by atoms with Crippen molar-refractivity contribution in [1.29, 1.82) is 0 Å². The van der Waals surface area contributed by atoms with E-state index in [-0.39, 0.29) is 5.92 Å². The van der Waals surface area contributed by atoms with Gasteiger partial charge in [-0.15, -0.1) is 0 Å². The molecule has 1 saturated heterocycles. The minimum Gasteiger partial charge on any atom is -0.497 e. The highest BCUT2D eigenvalue weighted by atomic mass is 16.5. The van der Waals surface area contributed by atoms with Crippen LogP contribution in [0.3, 0.4) is 0 Å². The number of ether oxygens (including phenoxy) is 3. The molecule has 5 nitrogen and oxygen atoms in total. The van der Waals surface area contributed by atoms with Crippen LogP contribution in [0.4, 0.5) is 0 Å². The van der Waals surface area contributed by atoms with Gasteiger partial charge in [-0.25, -0.2) is 0 Å². The van der Waals surface area contributed by atoms with Gasteiger partial charge < -0.3 is 23.9 Å². The summed E-state index contributed by atoms with van der Waals surface area (Å²) in [6.45, 7) is 0.514. The zero-order chi connectivity index (χ0) is 17.1. The molecule has 1 heterocycles. The van der Waals surface area contributed by atoms with Crippen LogP contribution in [0.1, 0.15) is 11.5 Å². The highest BCUT2D eigenvalue weighted by Gasteiger charge is 2.30. The molecule has 0 saturated carbocycles. The first-order valence-electron chi connectivity index (χ1n) is 7.85. The third-order valence-corrected chi connectivity index (χ3v) is 4.33. The van der Waals surface area contributed by atoms with E-state index < -0.39 is 7.12 Å². The van der Waals surface area contributed by atoms with Crippen molar-refractivity contribution < 1.29 is 23.9 Å². The second-order valence-corrected chi connectivity index (χ2v) is 5.79. The lowest BCUT2D eigenvalue weighted by Crippen LogP contribution is -2.07. The van der Waals surface area contributed by atoms with Crippen molar-refractivity contribution >= 4 is 7.12 Å². The van der Waals surface area contributed by atoms with Crippen LogP contribution in [-0.4, -0.2) is 40.1 Å². The van der Waals surface area contributed by atoms with Gasteiger partial charge >= 0.3 is 7.12 Å². The fourth-order valence-electron chi connectivity index (χ4n) is 3.00. The Morgan fingerprint density at radius 2 is 1.75 bits per heavy atom. The summed E-state index contributed by atoms with van der Waals surface area (Å²) in [5.41, 5.74) is 3.12. The largest absolute Gasteiger partial charge is 0.497 e. The molecule has 24 heavy (non-hydrogen) atoms. The Morgan fingerprint density at radius 3 is 2.38 bits per heavy atom. The third-order valence-electron chi connectivity index (χ3n) is 4.33. The van der Waals surface area contributed by atoms with E-state index in [9.17, 15) is 5.02 Å². The standard InChI is InChI=1S/C18H21BO5/c1-21-16-7-13(6-14(8-16)15-10-19(20)24-11-15)12-4-5-17(22-2)18(9-12)23-3/h4-9,15,20H,10-11H2,1-3H3/t15-/m0/s1. The fourth-order valence-corrected chi connectivity index (χ4v) is 3.00. The molecule has 0 amide bonds. The van der Waals surface area contributed by atoms with Gasteiger partial charge in [-0.2, -0.15) is 0 Å². The van der Waals surface area contributed by atoms with E-state index >= 15 is 0 Å². The van der Waals surface area contributed by atoms with Crippen molar-refractivity contribution in [2.45, 2.75) is 12.2 Å². The summed E-state index contributed by atoms with van der Waals surface area (Å²) in [4.78, 5) is 0. The van der Waals surface area contributed by atoms with Crippen molar-refractivity contribution in [2.75, 3.05) is 27.9 Å². The van der Waals surface area contributed by atoms with E-state index in [4.69, 9.17) is 18.9 Å². The van der Waals surface area contributed by atoms with Crippen molar-refractivity contribution in [3.8, 4) is 28.4 Å². The summed E-state index contributed by atoms with van der Waals surface area (Å²) >= 11 is 0. The molecule has 0 radical (unpaired) electrons. The van der Waals surface area contributed by atoms with E-state index in [1.165, 1.54) is 0 Å². The van der Waals surface area contributed by atoms with Crippen LogP contribution in [0, 0.1) is 0 Å². The molecule has 1 atom stereocenters. The Bertz CT molecular complexity index is 719. The van der Waals surface area contributed by atoms with Gasteiger partial charge in [0.05, 0.1) is 21.3 Å². The lowest BCUT2D eigenvalue weighted by molar-refractivity contribution is 0.292. The molecule has 1 fully saturated rings. The molecule has 0 aromatic heterocycles. The Kier molecular flexibility index (Phi) is 4.97. The summed E-state index contributed by atoms with van der Waals surface area (Å²) in [5.74, 6) is 2.31. The number of rotatable bonds is 5. The maximum absolute atomic E-state index is 9.62. The number of hydrogen-bond donors (Lipinski definition) is 1. The maximum Gasteiger partial charge on any atom is 0.454 e. The van der Waals surface area contributed by atoms with Crippen LogP contribution >= 0.6 is 0 Å². The Hall–Kier alpha value is -2.18. The second-order valence-electron chi connectivity index (χ2n) is 5.79. The molecular weight excluding hydrogens is 307 g/mol. The van der Waals surface area contributed by atoms with E-state index in [2.05, 4.69) is 6.07 Å². The highest BCUT2D eigenvalue weighted by molar-refractivity contribution is 6.43. The molecule has 0 bridgehead atoms. The van der Waals surface area contributed by atoms with Crippen LogP contribution in [0.15, 0.2) is 36.4 Å². The van der Waals surface area contributed by atoms with Gasteiger partial charge in [0.2, 0.25) is 0 Å². The summed E-state index contributed by atoms with van der Waals surface area (Å²) in [6.07, 6.45) is 0.596. The van der Waals surface area contributed by atoms with Crippen LogP contribution in [0.25, 0.3) is 11.1 Å². The molecule has 0 aliphatic carbocycles. The van der Waals surface area contributed by atoms with E-state index in [1.807, 2.05) is 30.3 Å². The zero-order valence-corrected chi connectivity index (χ0v) is 14.1. The Labute approximate surface area is 142 Å². The van der Waals surface area contributed by atoms with Gasteiger partial charge in [0.25, 0.3) is 0 Å². The number of hydrogen-bond acceptors (Lipinski definition) is 5. The van der Waals surface area contributed by atoms with Gasteiger partial charge in [0.1, 0.15) is 5.75 Å². The van der Waals surface area contributed by atoms with Gasteiger partial charge in [-0.1, -0.05) is 12.1 Å². The summed E-state index contributed by atoms with van der Waals surface area (Å²) in [6, 6.07) is 11.9. The van der Waals surface area contributed by atoms with Crippen LogP contribution in [0.2, 0.25) is 6.32 Å². The first kappa shape index (κ1) is 16.7. The van der Waals surface area contributed by atoms with E-state index in [1.54, 1.807) is 21.3 Å². The number of methoxy groups -OCH3 is 3. The molecular formula is C18H21BO5. The SMILES string of the molecule is COc1cc(-c2ccc(OC)c(OC)c2)cc([C@@H]2COB(O)C2)c1. The molecule has 1 aliphatic rings. The lowest BCUT2D eigenvalue weighted by Gasteiger charge is -2.14. The number of benzene rings is 2. The average molecular weight is 328 g/mol. The predicted octanol–water partition coefficient (Wildman–Crippen LogP) is 2.97. The molecule has 2 aromatic rings. The smallest absolute Gasteiger partial charge is 0.454 e. The third kappa shape index (κ3) is 3.35. The molecule has 3 rings (SSSR count). The summed E-state index contributed by atoms with van der Waals surface area (Å²) in [5, 5.41) is 9.62. The maximum atomic E-state index is 9.62. The van der Waals surface area contributed by atoms with E-state index in [0.29, 0.717) is 24.4 Å². The minimum absolute atomic E-state index is 0.161. The van der Waals surface area contributed by atoms with Crippen molar-refractivity contribution in [1.82, 2.24) is 0 Å². The fraction of sp³-hybridized carbons (Fsp3) is 0.333. The van der Waals surface area contributed by atoms with Crippen molar-refractivity contribution in [3.05, 3.63) is 42.0 Å². The zero-order valence-electron chi connectivity index (χ0n) is 14.1. The molecule has 126 valence electrons. The van der Waals surface area contributed by atoms with Crippen LogP contribution in [0.5, 0.6) is 17.2 Å². The second kappa shape index (κ2) is 7.15. The quantitative estimate of drug-likeness (QED) is 0.855. The van der Waals surface area contributed by atoms with Gasteiger partial charge in [0.15, 0.2) is 11.5 Å². The minimum atomic E-state index is -0.689. The average Bonchev–Trinajstić information content (AvgIpc) is 3.07. The lowest BCUT2D eigenvalue weighted by atomic mass is 9.79. The molecule has 1 aliphatic heterocycles. The van der Waals surface area contributed by atoms with Crippen molar-refractivity contribution in [2.24, 2.45) is 0 Å². The van der Waals surface area contributed by atoms with Gasteiger partial charge in [0, 0.05) is 12.5 Å². The van der Waals surface area contributed by atoms with Crippen molar-refractivity contribution in [3.63, 3.8) is 0 Å². The van der Waals surface area contributed by atoms with Crippen LogP contribution in [-0.2, 0) is 4.65 Å². The molecule has 6 heteroatoms. The molecule has 0 spiro atoms. The predicted molar refractivity (Wildman–Crippen MR) is 93.0 cm³/mol. The monoisotopic (exact) mass is 328 g/mol. The molecule has 2 aromatic carbocycles. The topological polar surface area (TPSA) is 57.2 Å². The highest BCUT2D eigenvalue weighted by Crippen LogP contribution is 2.37. The van der Waals surface area contributed by atoms with Gasteiger partial charge in [-0.3, -0.25) is 0 Å². The molecule has 0 unspecified atom stereocenters. The van der Waals surface area contributed by atoms with Crippen LogP contribution < -0.4 is 14.2 Å². The Morgan fingerprint density at radius 1 is 0.958 bits per heavy atom. The van der Waals surface area contributed by atoms with Gasteiger partial charge in [-0.05, 0) is 47.3 Å². The normalized spacial score (nSPS) is 17.0. The molecule has 1 N–H and O–H groups in total.